The molecular weight excluding hydrogens is 305 g/mol. The number of nitrogens with zero attached hydrogens (tertiary/aromatic N) is 1. The Hall–Kier alpha value is -1.31. The van der Waals surface area contributed by atoms with Crippen LogP contribution in [0.1, 0.15) is 39.8 Å². The van der Waals surface area contributed by atoms with Crippen molar-refractivity contribution in [3.05, 3.63) is 11.1 Å². The van der Waals surface area contributed by atoms with Gasteiger partial charge in [-0.05, 0) is 27.7 Å². The zero-order chi connectivity index (χ0) is 16.3. The summed E-state index contributed by atoms with van der Waals surface area (Å²) < 4.78 is 41.8. The molecule has 1 N–H and O–H groups in total. The Morgan fingerprint density at radius 1 is 1.48 bits per heavy atom. The number of carbonyl (C=O) groups excluding carboxylic acids is 1. The summed E-state index contributed by atoms with van der Waals surface area (Å²) in [6.07, 6.45) is -5.17. The van der Waals surface area contributed by atoms with Gasteiger partial charge < -0.3 is 10.1 Å². The average molecular weight is 324 g/mol. The van der Waals surface area contributed by atoms with E-state index in [2.05, 4.69) is 10.3 Å². The topological polar surface area (TPSA) is 51.2 Å². The minimum absolute atomic E-state index is 0.264. The third-order valence-electron chi connectivity index (χ3n) is 2.84. The summed E-state index contributed by atoms with van der Waals surface area (Å²) in [6, 6.07) is -0.783. The van der Waals surface area contributed by atoms with Crippen LogP contribution < -0.4 is 5.32 Å². The number of nitrogens with one attached hydrogen (secondary N) is 1. The first-order valence-electron chi connectivity index (χ1n) is 6.52. The number of rotatable bonds is 6. The van der Waals surface area contributed by atoms with Crippen molar-refractivity contribution in [2.75, 3.05) is 11.9 Å². The molecule has 21 heavy (non-hydrogen) atoms. The molecule has 0 radical (unpaired) electrons. The highest BCUT2D eigenvalue weighted by Crippen LogP contribution is 2.30. The number of hydrogen-bond acceptors (Lipinski definition) is 5. The second kappa shape index (κ2) is 6.64. The number of carbonyl (C=O) groups is 1. The summed E-state index contributed by atoms with van der Waals surface area (Å²) in [5, 5.41) is 4.71. The number of esters is 1. The van der Waals surface area contributed by atoms with E-state index in [0.717, 1.165) is 0 Å². The molecule has 0 fully saturated rings. The van der Waals surface area contributed by atoms with Gasteiger partial charge in [-0.3, -0.25) is 4.79 Å². The molecule has 1 atom stereocenters. The molecule has 0 aliphatic carbocycles. The van der Waals surface area contributed by atoms with Gasteiger partial charge in [-0.15, -0.1) is 11.3 Å². The van der Waals surface area contributed by atoms with Crippen LogP contribution in [0.2, 0.25) is 0 Å². The van der Waals surface area contributed by atoms with Crippen molar-refractivity contribution in [1.29, 1.82) is 0 Å². The molecule has 0 spiro atoms. The maximum atomic E-state index is 12.3. The highest BCUT2D eigenvalue weighted by atomic mass is 32.1. The molecule has 1 unspecified atom stereocenters. The first kappa shape index (κ1) is 17.7. The summed E-state index contributed by atoms with van der Waals surface area (Å²) >= 11 is 1.17. The average Bonchev–Trinajstić information content (AvgIpc) is 2.75. The molecule has 1 aromatic rings. The number of anilines is 1. The molecule has 0 amide bonds. The third kappa shape index (κ3) is 5.18. The van der Waals surface area contributed by atoms with Crippen molar-refractivity contribution in [3.8, 4) is 0 Å². The largest absolute Gasteiger partial charge is 0.465 e. The molecule has 8 heteroatoms. The molecule has 0 saturated carbocycles. The second-order valence-electron chi connectivity index (χ2n) is 5.25. The van der Waals surface area contributed by atoms with Gasteiger partial charge >= 0.3 is 12.1 Å². The Labute approximate surface area is 125 Å². The lowest BCUT2D eigenvalue weighted by Gasteiger charge is -2.20. The Morgan fingerprint density at radius 2 is 2.10 bits per heavy atom. The van der Waals surface area contributed by atoms with Gasteiger partial charge in [0.2, 0.25) is 0 Å². The Kier molecular flexibility index (Phi) is 5.61. The Bertz CT molecular complexity index is 486. The lowest BCUT2D eigenvalue weighted by molar-refractivity contribution is -0.149. The number of halogens is 3. The van der Waals surface area contributed by atoms with E-state index in [9.17, 15) is 18.0 Å². The van der Waals surface area contributed by atoms with Crippen molar-refractivity contribution in [2.24, 2.45) is 0 Å². The van der Waals surface area contributed by atoms with Crippen LogP contribution in [0, 0.1) is 0 Å². The number of thiazole rings is 1. The maximum Gasteiger partial charge on any atom is 0.391 e. The SMILES string of the molecule is CCOC(=O)C(C)(C)c1csc(NC(C)CC(F)(F)F)n1. The predicted molar refractivity (Wildman–Crippen MR) is 75.5 cm³/mol. The fourth-order valence-corrected chi connectivity index (χ4v) is 2.64. The highest BCUT2D eigenvalue weighted by molar-refractivity contribution is 7.13. The Morgan fingerprint density at radius 3 is 2.62 bits per heavy atom. The molecule has 4 nitrogen and oxygen atoms in total. The summed E-state index contributed by atoms with van der Waals surface area (Å²) in [7, 11) is 0. The van der Waals surface area contributed by atoms with Crippen molar-refractivity contribution >= 4 is 22.4 Å². The lowest BCUT2D eigenvalue weighted by Crippen LogP contribution is -2.31. The molecule has 1 aromatic heterocycles. The summed E-state index contributed by atoms with van der Waals surface area (Å²) in [6.45, 7) is 6.75. The van der Waals surface area contributed by atoms with Crippen molar-refractivity contribution in [2.45, 2.75) is 51.7 Å². The van der Waals surface area contributed by atoms with Crippen LogP contribution >= 0.6 is 11.3 Å². The molecule has 0 aliphatic heterocycles. The van der Waals surface area contributed by atoms with E-state index in [1.807, 2.05) is 0 Å². The lowest BCUT2D eigenvalue weighted by atomic mass is 9.90. The van der Waals surface area contributed by atoms with Crippen LogP contribution in [0.25, 0.3) is 0 Å². The van der Waals surface area contributed by atoms with Crippen molar-refractivity contribution in [1.82, 2.24) is 4.98 Å². The summed E-state index contributed by atoms with van der Waals surface area (Å²) in [5.74, 6) is -0.412. The minimum Gasteiger partial charge on any atom is -0.465 e. The maximum absolute atomic E-state index is 12.3. The van der Waals surface area contributed by atoms with Crippen molar-refractivity contribution < 1.29 is 22.7 Å². The molecular formula is C13H19F3N2O2S. The smallest absolute Gasteiger partial charge is 0.391 e. The van der Waals surface area contributed by atoms with E-state index in [1.54, 1.807) is 26.2 Å². The van der Waals surface area contributed by atoms with E-state index < -0.39 is 30.0 Å². The monoisotopic (exact) mass is 324 g/mol. The number of alkyl halides is 3. The van der Waals surface area contributed by atoms with Gasteiger partial charge in [0, 0.05) is 11.4 Å². The van der Waals surface area contributed by atoms with E-state index in [1.165, 1.54) is 18.3 Å². The summed E-state index contributed by atoms with van der Waals surface area (Å²) in [4.78, 5) is 16.1. The quantitative estimate of drug-likeness (QED) is 0.810. The summed E-state index contributed by atoms with van der Waals surface area (Å²) in [5.41, 5.74) is -0.452. The number of aromatic nitrogens is 1. The van der Waals surface area contributed by atoms with E-state index in [-0.39, 0.29) is 6.61 Å². The number of hydrogen-bond donors (Lipinski definition) is 1. The van der Waals surface area contributed by atoms with E-state index in [4.69, 9.17) is 4.74 Å². The van der Waals surface area contributed by atoms with Gasteiger partial charge in [0.25, 0.3) is 0 Å². The van der Waals surface area contributed by atoms with E-state index in [0.29, 0.717) is 10.8 Å². The minimum atomic E-state index is -4.23. The highest BCUT2D eigenvalue weighted by Gasteiger charge is 2.34. The van der Waals surface area contributed by atoms with Gasteiger partial charge in [0.15, 0.2) is 5.13 Å². The molecule has 1 rings (SSSR count). The zero-order valence-electron chi connectivity index (χ0n) is 12.4. The van der Waals surface area contributed by atoms with Crippen LogP contribution in [0.5, 0.6) is 0 Å². The van der Waals surface area contributed by atoms with E-state index >= 15 is 0 Å². The fourth-order valence-electron chi connectivity index (χ4n) is 1.65. The fraction of sp³-hybridized carbons (Fsp3) is 0.692. The van der Waals surface area contributed by atoms with Crippen LogP contribution in [0.15, 0.2) is 5.38 Å². The first-order valence-corrected chi connectivity index (χ1v) is 7.40. The molecule has 0 bridgehead atoms. The number of ether oxygens (including phenoxy) is 1. The van der Waals surface area contributed by atoms with Crippen LogP contribution in [-0.2, 0) is 14.9 Å². The Balaban J connectivity index is 2.75. The molecule has 0 aromatic carbocycles. The molecule has 0 saturated heterocycles. The van der Waals surface area contributed by atoms with Crippen molar-refractivity contribution in [3.63, 3.8) is 0 Å². The molecule has 0 aliphatic rings. The molecule has 1 heterocycles. The standard InChI is InChI=1S/C13H19F3N2O2S/c1-5-20-10(19)12(3,4)9-7-21-11(18-9)17-8(2)6-13(14,15)16/h7-8H,5-6H2,1-4H3,(H,17,18). The van der Waals surface area contributed by atoms with Crippen LogP contribution in [-0.4, -0.2) is 29.8 Å². The van der Waals surface area contributed by atoms with Gasteiger partial charge in [0.05, 0.1) is 18.7 Å². The van der Waals surface area contributed by atoms with Gasteiger partial charge in [-0.25, -0.2) is 4.98 Å². The van der Waals surface area contributed by atoms with Gasteiger partial charge in [-0.1, -0.05) is 0 Å². The van der Waals surface area contributed by atoms with Gasteiger partial charge in [-0.2, -0.15) is 13.2 Å². The third-order valence-corrected chi connectivity index (χ3v) is 3.61. The van der Waals surface area contributed by atoms with Crippen LogP contribution in [0.4, 0.5) is 18.3 Å². The predicted octanol–water partition coefficient (Wildman–Crippen LogP) is 3.74. The van der Waals surface area contributed by atoms with Gasteiger partial charge in [0.1, 0.15) is 5.41 Å². The second-order valence-corrected chi connectivity index (χ2v) is 6.11. The normalized spacial score (nSPS) is 13.9. The first-order chi connectivity index (χ1) is 9.56. The zero-order valence-corrected chi connectivity index (χ0v) is 13.2. The van der Waals surface area contributed by atoms with Crippen LogP contribution in [0.3, 0.4) is 0 Å². The molecule has 120 valence electrons.